The summed E-state index contributed by atoms with van der Waals surface area (Å²) in [5.41, 5.74) is 2.97. The zero-order chi connectivity index (χ0) is 19.2. The van der Waals surface area contributed by atoms with E-state index in [1.54, 1.807) is 19.1 Å². The SMILES string of the molecule is CCOC(=O)c1nc(N(Cc2ccccc2)c2ccc(C#N)cc2)sc1C. The maximum Gasteiger partial charge on any atom is 0.358 e. The largest absolute Gasteiger partial charge is 0.461 e. The van der Waals surface area contributed by atoms with E-state index in [1.165, 1.54) is 11.3 Å². The lowest BCUT2D eigenvalue weighted by molar-refractivity contribution is 0.0519. The van der Waals surface area contributed by atoms with E-state index in [9.17, 15) is 4.79 Å². The molecule has 0 saturated carbocycles. The van der Waals surface area contributed by atoms with E-state index in [0.29, 0.717) is 29.5 Å². The first-order chi connectivity index (χ1) is 13.1. The van der Waals surface area contributed by atoms with E-state index in [4.69, 9.17) is 10.00 Å². The van der Waals surface area contributed by atoms with Crippen molar-refractivity contribution in [3.63, 3.8) is 0 Å². The highest BCUT2D eigenvalue weighted by Gasteiger charge is 2.21. The Morgan fingerprint density at radius 2 is 1.89 bits per heavy atom. The molecule has 0 bridgehead atoms. The number of rotatable bonds is 6. The smallest absolute Gasteiger partial charge is 0.358 e. The van der Waals surface area contributed by atoms with E-state index in [2.05, 4.69) is 11.1 Å². The van der Waals surface area contributed by atoms with Gasteiger partial charge in [0.05, 0.1) is 24.8 Å². The molecule has 1 heterocycles. The Labute approximate surface area is 162 Å². The van der Waals surface area contributed by atoms with E-state index in [-0.39, 0.29) is 0 Å². The molecule has 0 aliphatic rings. The Morgan fingerprint density at radius 3 is 2.52 bits per heavy atom. The molecule has 6 heteroatoms. The normalized spacial score (nSPS) is 10.3. The molecule has 0 radical (unpaired) electrons. The van der Waals surface area contributed by atoms with Crippen molar-refractivity contribution >= 4 is 28.1 Å². The lowest BCUT2D eigenvalue weighted by Gasteiger charge is -2.22. The Balaban J connectivity index is 2.00. The molecule has 27 heavy (non-hydrogen) atoms. The molecule has 0 unspecified atom stereocenters. The maximum atomic E-state index is 12.1. The molecule has 0 amide bonds. The molecule has 136 valence electrons. The molecule has 0 aliphatic heterocycles. The number of ether oxygens (including phenoxy) is 1. The van der Waals surface area contributed by atoms with Gasteiger partial charge in [0.1, 0.15) is 0 Å². The first kappa shape index (κ1) is 18.6. The van der Waals surface area contributed by atoms with Gasteiger partial charge in [0, 0.05) is 10.6 Å². The predicted octanol–water partition coefficient (Wildman–Crippen LogP) is 4.84. The van der Waals surface area contributed by atoms with E-state index in [0.717, 1.165) is 16.1 Å². The van der Waals surface area contributed by atoms with E-state index >= 15 is 0 Å². The quantitative estimate of drug-likeness (QED) is 0.575. The van der Waals surface area contributed by atoms with Crippen LogP contribution in [0.5, 0.6) is 0 Å². The minimum Gasteiger partial charge on any atom is -0.461 e. The van der Waals surface area contributed by atoms with Crippen molar-refractivity contribution in [2.75, 3.05) is 11.5 Å². The Kier molecular flexibility index (Phi) is 5.84. The van der Waals surface area contributed by atoms with Gasteiger partial charge < -0.3 is 9.64 Å². The topological polar surface area (TPSA) is 66.2 Å². The molecule has 3 rings (SSSR count). The van der Waals surface area contributed by atoms with Gasteiger partial charge in [-0.1, -0.05) is 30.3 Å². The minimum absolute atomic E-state index is 0.314. The Bertz CT molecular complexity index is 959. The zero-order valence-electron chi connectivity index (χ0n) is 15.2. The van der Waals surface area contributed by atoms with Gasteiger partial charge in [-0.05, 0) is 43.7 Å². The number of anilines is 2. The summed E-state index contributed by atoms with van der Waals surface area (Å²) in [6.07, 6.45) is 0. The van der Waals surface area contributed by atoms with Crippen molar-refractivity contribution in [2.24, 2.45) is 0 Å². The number of aryl methyl sites for hydroxylation is 1. The van der Waals surface area contributed by atoms with Gasteiger partial charge in [0.2, 0.25) is 0 Å². The minimum atomic E-state index is -0.406. The van der Waals surface area contributed by atoms with Gasteiger partial charge in [-0.2, -0.15) is 5.26 Å². The van der Waals surface area contributed by atoms with Crippen molar-refractivity contribution < 1.29 is 9.53 Å². The second kappa shape index (κ2) is 8.47. The number of carbonyl (C=O) groups excluding carboxylic acids is 1. The fourth-order valence-electron chi connectivity index (χ4n) is 2.64. The fraction of sp³-hybridized carbons (Fsp3) is 0.190. The van der Waals surface area contributed by atoms with Crippen LogP contribution in [0.15, 0.2) is 54.6 Å². The summed E-state index contributed by atoms with van der Waals surface area (Å²) >= 11 is 1.45. The molecule has 0 fully saturated rings. The van der Waals surface area contributed by atoms with Crippen LogP contribution < -0.4 is 4.90 Å². The average Bonchev–Trinajstić information content (AvgIpc) is 3.09. The van der Waals surface area contributed by atoms with Crippen molar-refractivity contribution in [3.8, 4) is 6.07 Å². The van der Waals surface area contributed by atoms with Gasteiger partial charge in [0.25, 0.3) is 0 Å². The second-order valence-corrected chi connectivity index (χ2v) is 7.03. The monoisotopic (exact) mass is 377 g/mol. The summed E-state index contributed by atoms with van der Waals surface area (Å²) in [6.45, 7) is 4.56. The zero-order valence-corrected chi connectivity index (χ0v) is 16.0. The number of esters is 1. The lowest BCUT2D eigenvalue weighted by atomic mass is 10.2. The van der Waals surface area contributed by atoms with Crippen LogP contribution in [-0.4, -0.2) is 17.6 Å². The van der Waals surface area contributed by atoms with Crippen molar-refractivity contribution in [3.05, 3.63) is 76.3 Å². The van der Waals surface area contributed by atoms with Crippen LogP contribution in [0, 0.1) is 18.3 Å². The van der Waals surface area contributed by atoms with Crippen molar-refractivity contribution in [1.82, 2.24) is 4.98 Å². The molecular formula is C21H19N3O2S. The van der Waals surface area contributed by atoms with Crippen molar-refractivity contribution in [2.45, 2.75) is 20.4 Å². The van der Waals surface area contributed by atoms with Gasteiger partial charge in [-0.25, -0.2) is 9.78 Å². The van der Waals surface area contributed by atoms with Crippen LogP contribution in [0.4, 0.5) is 10.8 Å². The number of thiazole rings is 1. The molecule has 0 saturated heterocycles. The number of hydrogen-bond acceptors (Lipinski definition) is 6. The van der Waals surface area contributed by atoms with Crippen LogP contribution in [0.2, 0.25) is 0 Å². The molecule has 2 aromatic carbocycles. The average molecular weight is 377 g/mol. The van der Waals surface area contributed by atoms with Crippen LogP contribution in [0.1, 0.15) is 33.4 Å². The summed E-state index contributed by atoms with van der Waals surface area (Å²) in [7, 11) is 0. The molecule has 0 aliphatic carbocycles. The molecule has 0 N–H and O–H groups in total. The maximum absolute atomic E-state index is 12.1. The summed E-state index contributed by atoms with van der Waals surface area (Å²) < 4.78 is 5.11. The van der Waals surface area contributed by atoms with Gasteiger partial charge in [0.15, 0.2) is 10.8 Å². The van der Waals surface area contributed by atoms with Gasteiger partial charge >= 0.3 is 5.97 Å². The summed E-state index contributed by atoms with van der Waals surface area (Å²) in [6, 6.07) is 19.5. The van der Waals surface area contributed by atoms with Crippen molar-refractivity contribution in [1.29, 1.82) is 5.26 Å². The Morgan fingerprint density at radius 1 is 1.19 bits per heavy atom. The second-order valence-electron chi connectivity index (χ2n) is 5.85. The molecule has 0 atom stereocenters. The van der Waals surface area contributed by atoms with Gasteiger partial charge in [-0.15, -0.1) is 11.3 Å². The number of benzene rings is 2. The number of hydrogen-bond donors (Lipinski definition) is 0. The third kappa shape index (κ3) is 4.33. The van der Waals surface area contributed by atoms with E-state index < -0.39 is 5.97 Å². The van der Waals surface area contributed by atoms with Gasteiger partial charge in [-0.3, -0.25) is 0 Å². The summed E-state index contributed by atoms with van der Waals surface area (Å²) in [5.74, 6) is -0.406. The van der Waals surface area contributed by atoms with Crippen LogP contribution in [0.3, 0.4) is 0 Å². The first-order valence-corrected chi connectivity index (χ1v) is 9.40. The highest BCUT2D eigenvalue weighted by molar-refractivity contribution is 7.15. The number of carbonyl (C=O) groups is 1. The highest BCUT2D eigenvalue weighted by Crippen LogP contribution is 2.33. The van der Waals surface area contributed by atoms with Crippen LogP contribution in [0.25, 0.3) is 0 Å². The van der Waals surface area contributed by atoms with Crippen LogP contribution in [-0.2, 0) is 11.3 Å². The molecule has 3 aromatic rings. The molecule has 5 nitrogen and oxygen atoms in total. The third-order valence-electron chi connectivity index (χ3n) is 3.98. The number of nitrogens with zero attached hydrogens (tertiary/aromatic N) is 3. The first-order valence-electron chi connectivity index (χ1n) is 8.58. The Hall–Kier alpha value is -3.17. The highest BCUT2D eigenvalue weighted by atomic mass is 32.1. The lowest BCUT2D eigenvalue weighted by Crippen LogP contribution is -2.16. The third-order valence-corrected chi connectivity index (χ3v) is 4.97. The summed E-state index contributed by atoms with van der Waals surface area (Å²) in [4.78, 5) is 19.5. The standard InChI is InChI=1S/C21H19N3O2S/c1-3-26-20(25)19-15(2)27-21(23-19)24(14-17-7-5-4-6-8-17)18-11-9-16(13-22)10-12-18/h4-12H,3,14H2,1-2H3. The van der Waals surface area contributed by atoms with Crippen LogP contribution >= 0.6 is 11.3 Å². The molecule has 0 spiro atoms. The predicted molar refractivity (Wildman–Crippen MR) is 106 cm³/mol. The number of nitriles is 1. The molecule has 1 aromatic heterocycles. The van der Waals surface area contributed by atoms with E-state index in [1.807, 2.05) is 54.3 Å². The fourth-order valence-corrected chi connectivity index (χ4v) is 3.55. The summed E-state index contributed by atoms with van der Waals surface area (Å²) in [5, 5.41) is 9.76. The molecular weight excluding hydrogens is 358 g/mol. The number of aromatic nitrogens is 1.